The van der Waals surface area contributed by atoms with Gasteiger partial charge in [-0.15, -0.1) is 23.4 Å². The molecule has 39 heavy (non-hydrogen) atoms. The zero-order valence-corrected chi connectivity index (χ0v) is 24.5. The van der Waals surface area contributed by atoms with Gasteiger partial charge in [0.15, 0.2) is 0 Å². The topological polar surface area (TPSA) is 107 Å². The third kappa shape index (κ3) is 6.67. The molecule has 11 atom stereocenters. The number of amides is 2. The number of hydrogen-bond donors (Lipinski definition) is 5. The molecular weight excluding hydrogens is 550 g/mol. The molecule has 13 heteroatoms. The second-order valence-corrected chi connectivity index (χ2v) is 14.0. The first-order valence-corrected chi connectivity index (χ1v) is 15.7. The Bertz CT molecular complexity index is 880. The number of fused-ring (bicyclic) bond motifs is 1. The Morgan fingerprint density at radius 2 is 1.87 bits per heavy atom. The lowest BCUT2D eigenvalue weighted by molar-refractivity contribution is -0.134. The number of piperidine rings is 3. The maximum Gasteiger partial charge on any atom is 0.249 e. The number of nitrogens with one attached hydrogen (secondary N) is 5. The van der Waals surface area contributed by atoms with Gasteiger partial charge >= 0.3 is 0 Å². The Kier molecular flexibility index (Phi) is 9.32. The maximum atomic E-state index is 13.6. The molecule has 0 aromatic carbocycles. The van der Waals surface area contributed by atoms with Gasteiger partial charge in [-0.05, 0) is 51.4 Å². The van der Waals surface area contributed by atoms with Gasteiger partial charge in [-0.25, -0.2) is 8.78 Å². The number of likely N-dealkylation sites (tertiary alicyclic amines) is 1. The molecule has 0 aromatic rings. The first kappa shape index (κ1) is 29.7. The zero-order chi connectivity index (χ0) is 27.9. The summed E-state index contributed by atoms with van der Waals surface area (Å²) < 4.78 is 33.0. The number of methoxy groups -OCH3 is 1. The monoisotopic (exact) mass is 592 g/mol. The van der Waals surface area contributed by atoms with E-state index in [1.165, 1.54) is 0 Å². The molecule has 0 saturated carbocycles. The number of alkyl halides is 3. The largest absolute Gasteiger partial charge is 0.380 e. The van der Waals surface area contributed by atoms with Crippen molar-refractivity contribution >= 4 is 35.2 Å². The highest BCUT2D eigenvalue weighted by atomic mass is 35.5. The molecule has 0 aliphatic carbocycles. The number of halogens is 3. The van der Waals surface area contributed by atoms with E-state index in [4.69, 9.17) is 16.3 Å². The lowest BCUT2D eigenvalue weighted by Gasteiger charge is -2.45. The predicted molar refractivity (Wildman–Crippen MR) is 148 cm³/mol. The van der Waals surface area contributed by atoms with Crippen molar-refractivity contribution in [1.82, 2.24) is 31.5 Å². The average molecular weight is 593 g/mol. The summed E-state index contributed by atoms with van der Waals surface area (Å²) in [5.74, 6) is -3.24. The first-order valence-electron chi connectivity index (χ1n) is 14.3. The summed E-state index contributed by atoms with van der Waals surface area (Å²) in [7, 11) is 1.73. The van der Waals surface area contributed by atoms with Crippen molar-refractivity contribution in [3.05, 3.63) is 0 Å². The fraction of sp³-hybridized carbons (Fsp3) is 0.923. The minimum Gasteiger partial charge on any atom is -0.380 e. The van der Waals surface area contributed by atoms with Crippen molar-refractivity contribution in [2.75, 3.05) is 39.8 Å². The van der Waals surface area contributed by atoms with Crippen LogP contribution in [0.5, 0.6) is 0 Å². The van der Waals surface area contributed by atoms with E-state index in [-0.39, 0.29) is 64.5 Å². The Balaban J connectivity index is 1.13. The number of hydrogen-bond acceptors (Lipinski definition) is 8. The summed E-state index contributed by atoms with van der Waals surface area (Å²) in [6.07, 6.45) is 2.46. The molecule has 5 heterocycles. The molecule has 0 bridgehead atoms. The van der Waals surface area contributed by atoms with E-state index in [1.54, 1.807) is 18.9 Å². The third-order valence-corrected chi connectivity index (χ3v) is 11.2. The molecule has 5 saturated heterocycles. The van der Waals surface area contributed by atoms with Crippen LogP contribution in [0, 0.1) is 23.7 Å². The van der Waals surface area contributed by atoms with Crippen molar-refractivity contribution in [3.8, 4) is 0 Å². The van der Waals surface area contributed by atoms with Gasteiger partial charge in [-0.3, -0.25) is 20.2 Å². The fourth-order valence-electron chi connectivity index (χ4n) is 7.17. The summed E-state index contributed by atoms with van der Waals surface area (Å²) in [6.45, 7) is 5.72. The van der Waals surface area contributed by atoms with E-state index in [0.29, 0.717) is 45.1 Å². The van der Waals surface area contributed by atoms with Gasteiger partial charge in [0.25, 0.3) is 0 Å². The van der Waals surface area contributed by atoms with Crippen molar-refractivity contribution in [1.29, 1.82) is 0 Å². The second kappa shape index (κ2) is 12.2. The van der Waals surface area contributed by atoms with Gasteiger partial charge in [-0.2, -0.15) is 0 Å². The Hall–Kier alpha value is -0.760. The maximum absolute atomic E-state index is 13.6. The summed E-state index contributed by atoms with van der Waals surface area (Å²) in [6, 6.07) is 0.00443. The van der Waals surface area contributed by atoms with Crippen LogP contribution in [0.2, 0.25) is 0 Å². The number of nitrogens with zero attached hydrogens (tertiary/aromatic N) is 1. The van der Waals surface area contributed by atoms with Gasteiger partial charge < -0.3 is 25.6 Å². The summed E-state index contributed by atoms with van der Waals surface area (Å²) in [5.41, 5.74) is -0.331. The Morgan fingerprint density at radius 1 is 1.08 bits per heavy atom. The number of rotatable bonds is 6. The molecule has 0 aromatic heterocycles. The van der Waals surface area contributed by atoms with Crippen LogP contribution in [-0.4, -0.2) is 103 Å². The number of ether oxygens (including phenoxy) is 1. The third-order valence-electron chi connectivity index (χ3n) is 9.47. The molecular formula is C26H43ClF2N6O3S. The van der Waals surface area contributed by atoms with Crippen LogP contribution in [0.4, 0.5) is 8.78 Å². The summed E-state index contributed by atoms with van der Waals surface area (Å²) in [5, 5.41) is 16.7. The highest BCUT2D eigenvalue weighted by Gasteiger charge is 2.48. The fourth-order valence-corrected chi connectivity index (χ4v) is 8.87. The number of carbonyl (C=O) groups excluding carboxylic acids is 2. The molecule has 5 aliphatic rings. The van der Waals surface area contributed by atoms with Crippen molar-refractivity contribution in [2.24, 2.45) is 23.7 Å². The molecule has 222 valence electrons. The van der Waals surface area contributed by atoms with E-state index in [0.717, 1.165) is 19.8 Å². The van der Waals surface area contributed by atoms with Gasteiger partial charge in [0.2, 0.25) is 17.7 Å². The first-order chi connectivity index (χ1) is 18.5. The van der Waals surface area contributed by atoms with Crippen LogP contribution >= 0.6 is 23.4 Å². The van der Waals surface area contributed by atoms with Crippen LogP contribution in [0.3, 0.4) is 0 Å². The smallest absolute Gasteiger partial charge is 0.249 e. The normalized spacial score (nSPS) is 43.2. The van der Waals surface area contributed by atoms with Crippen molar-refractivity contribution < 1.29 is 23.1 Å². The lowest BCUT2D eigenvalue weighted by atomic mass is 9.70. The Morgan fingerprint density at radius 3 is 2.54 bits per heavy atom. The predicted octanol–water partition coefficient (Wildman–Crippen LogP) is 1.13. The van der Waals surface area contributed by atoms with Gasteiger partial charge in [0.05, 0.1) is 23.6 Å². The summed E-state index contributed by atoms with van der Waals surface area (Å²) >= 11 is 8.11. The Labute approximate surface area is 239 Å². The molecule has 5 aliphatic heterocycles. The minimum atomic E-state index is -2.73. The second-order valence-electron chi connectivity index (χ2n) is 12.1. The van der Waals surface area contributed by atoms with Gasteiger partial charge in [0.1, 0.15) is 5.50 Å². The number of thioether (sulfide) groups is 1. The van der Waals surface area contributed by atoms with E-state index in [9.17, 15) is 18.4 Å². The molecule has 11 unspecified atom stereocenters. The average Bonchev–Trinajstić information content (AvgIpc) is 3.46. The summed E-state index contributed by atoms with van der Waals surface area (Å²) in [4.78, 5) is 28.5. The van der Waals surface area contributed by atoms with Crippen LogP contribution in [0.15, 0.2) is 0 Å². The standard InChI is InChI=1S/C26H43ClF2N6O3S/c1-13-6-15(16-7-22(27)32-10-20(16)38-3)17(9-30-13)23(36)34-25-33-19-11-35(12-21(19)39-25)24(37)18-5-4-14(8-31-18)26(2,28)29/h13-22,25,30-33H,4-12H2,1-3H3,(H,34,36). The zero-order valence-electron chi connectivity index (χ0n) is 22.9. The van der Waals surface area contributed by atoms with Gasteiger partial charge in [-0.1, -0.05) is 0 Å². The molecule has 2 amide bonds. The van der Waals surface area contributed by atoms with Crippen LogP contribution < -0.4 is 26.6 Å². The number of carbonyl (C=O) groups is 2. The highest BCUT2D eigenvalue weighted by molar-refractivity contribution is 8.00. The quantitative estimate of drug-likeness (QED) is 0.231. The van der Waals surface area contributed by atoms with E-state index in [2.05, 4.69) is 33.5 Å². The van der Waals surface area contributed by atoms with E-state index in [1.807, 2.05) is 4.90 Å². The van der Waals surface area contributed by atoms with E-state index < -0.39 is 17.9 Å². The van der Waals surface area contributed by atoms with Crippen LogP contribution in [-0.2, 0) is 14.3 Å². The molecule has 5 N–H and O–H groups in total. The highest BCUT2D eigenvalue weighted by Crippen LogP contribution is 2.39. The molecule has 9 nitrogen and oxygen atoms in total. The van der Waals surface area contributed by atoms with Gasteiger partial charge in [0, 0.05) is 63.1 Å². The molecule has 5 fully saturated rings. The van der Waals surface area contributed by atoms with Crippen LogP contribution in [0.1, 0.15) is 39.5 Å². The molecule has 5 rings (SSSR count). The SMILES string of the molecule is COC1CNC(Cl)CC1C1CC(C)NCC1C(=O)NC1NC2CN(C(=O)C3CCC(C(C)(F)F)CN3)CC2S1. The van der Waals surface area contributed by atoms with E-state index >= 15 is 0 Å². The van der Waals surface area contributed by atoms with Crippen molar-refractivity contribution in [2.45, 2.75) is 85.9 Å². The minimum absolute atomic E-state index is 0.0113. The lowest BCUT2D eigenvalue weighted by Crippen LogP contribution is -2.57. The van der Waals surface area contributed by atoms with Crippen molar-refractivity contribution in [3.63, 3.8) is 0 Å². The molecule has 0 radical (unpaired) electrons. The molecule has 0 spiro atoms. The van der Waals surface area contributed by atoms with Crippen LogP contribution in [0.25, 0.3) is 0 Å².